The van der Waals surface area contributed by atoms with Crippen molar-refractivity contribution in [1.82, 2.24) is 19.0 Å². The predicted molar refractivity (Wildman–Crippen MR) is 178 cm³/mol. The summed E-state index contributed by atoms with van der Waals surface area (Å²) in [4.78, 5) is 33.2. The number of anilines is 1. The van der Waals surface area contributed by atoms with Gasteiger partial charge in [-0.2, -0.15) is 0 Å². The molecule has 0 saturated carbocycles. The van der Waals surface area contributed by atoms with Gasteiger partial charge in [0, 0.05) is 66.9 Å². The lowest BCUT2D eigenvalue weighted by Crippen LogP contribution is -2.45. The quantitative estimate of drug-likeness (QED) is 0.250. The Bertz CT molecular complexity index is 1920. The van der Waals surface area contributed by atoms with Crippen molar-refractivity contribution in [3.05, 3.63) is 66.2 Å². The number of ether oxygens (including phenoxy) is 1. The number of imidazole rings is 1. The Labute approximate surface area is 263 Å². The number of rotatable bonds is 3. The molecule has 4 heterocycles. The summed E-state index contributed by atoms with van der Waals surface area (Å²) in [6.07, 6.45) is 6.25. The normalized spacial score (nSPS) is 17.7. The SMILES string of the molecule is COc1cc(C(=O)N2CCC[C@@H](N)C2)cc2nc(-c3cc4ccc5cc4n3CCCCCCC(=O)Nc3ccccc3-5)n(C)c12. The fourth-order valence-electron chi connectivity index (χ4n) is 7.01. The third kappa shape index (κ3) is 5.46. The van der Waals surface area contributed by atoms with Crippen LogP contribution in [0, 0.1) is 0 Å². The number of para-hydroxylation sites is 1. The van der Waals surface area contributed by atoms with E-state index < -0.39 is 0 Å². The van der Waals surface area contributed by atoms with Crippen LogP contribution in [0.3, 0.4) is 0 Å². The summed E-state index contributed by atoms with van der Waals surface area (Å²) in [5, 5.41) is 4.27. The second-order valence-electron chi connectivity index (χ2n) is 12.4. The topological polar surface area (TPSA) is 107 Å². The molecule has 0 unspecified atom stereocenters. The molecule has 7 rings (SSSR count). The van der Waals surface area contributed by atoms with E-state index in [0.717, 1.165) is 95.3 Å². The summed E-state index contributed by atoms with van der Waals surface area (Å²) in [6, 6.07) is 20.4. The number of nitrogens with two attached hydrogens (primary N) is 1. The summed E-state index contributed by atoms with van der Waals surface area (Å²) in [6.45, 7) is 2.10. The molecular formula is C36H40N6O3. The molecule has 9 nitrogen and oxygen atoms in total. The van der Waals surface area contributed by atoms with Gasteiger partial charge in [0.25, 0.3) is 5.91 Å². The molecule has 3 N–H and O–H groups in total. The largest absolute Gasteiger partial charge is 0.494 e. The third-order valence-corrected chi connectivity index (χ3v) is 9.33. The highest BCUT2D eigenvalue weighted by atomic mass is 16.5. The average Bonchev–Trinajstić information content (AvgIpc) is 3.58. The van der Waals surface area contributed by atoms with Crippen molar-refractivity contribution in [2.75, 3.05) is 25.5 Å². The van der Waals surface area contributed by atoms with Crippen molar-refractivity contribution in [3.8, 4) is 28.4 Å². The summed E-state index contributed by atoms with van der Waals surface area (Å²) in [5.74, 6) is 1.47. The number of carbonyl (C=O) groups is 2. The number of benzene rings is 3. The van der Waals surface area contributed by atoms with Gasteiger partial charge >= 0.3 is 0 Å². The lowest BCUT2D eigenvalue weighted by Gasteiger charge is -2.30. The average molecular weight is 605 g/mol. The number of hydrogen-bond acceptors (Lipinski definition) is 5. The van der Waals surface area contributed by atoms with E-state index in [4.69, 9.17) is 15.5 Å². The van der Waals surface area contributed by atoms with Crippen molar-refractivity contribution < 1.29 is 14.3 Å². The van der Waals surface area contributed by atoms with Gasteiger partial charge in [-0.05, 0) is 61.6 Å². The van der Waals surface area contributed by atoms with Crippen LogP contribution in [0.1, 0.15) is 55.3 Å². The summed E-state index contributed by atoms with van der Waals surface area (Å²) in [5.41, 5.74) is 13.3. The molecule has 2 aliphatic heterocycles. The van der Waals surface area contributed by atoms with E-state index in [0.29, 0.717) is 30.8 Å². The number of aromatic nitrogens is 3. The molecule has 0 radical (unpaired) electrons. The molecule has 1 atom stereocenters. The first-order chi connectivity index (χ1) is 21.9. The van der Waals surface area contributed by atoms with Crippen LogP contribution >= 0.6 is 0 Å². The Balaban J connectivity index is 1.35. The number of amides is 2. The zero-order valence-corrected chi connectivity index (χ0v) is 26.0. The zero-order valence-electron chi connectivity index (χ0n) is 26.0. The van der Waals surface area contributed by atoms with Crippen molar-refractivity contribution in [2.45, 2.75) is 57.5 Å². The number of fused-ring (bicyclic) bond motifs is 4. The number of methoxy groups -OCH3 is 1. The molecule has 232 valence electrons. The summed E-state index contributed by atoms with van der Waals surface area (Å²) in [7, 11) is 3.65. The van der Waals surface area contributed by atoms with E-state index in [1.54, 1.807) is 7.11 Å². The van der Waals surface area contributed by atoms with Crippen LogP contribution in [0.4, 0.5) is 5.69 Å². The van der Waals surface area contributed by atoms with Gasteiger partial charge < -0.3 is 29.8 Å². The molecule has 0 spiro atoms. The van der Waals surface area contributed by atoms with Crippen LogP contribution in [-0.2, 0) is 18.4 Å². The first-order valence-corrected chi connectivity index (χ1v) is 16.0. The molecule has 3 aromatic carbocycles. The summed E-state index contributed by atoms with van der Waals surface area (Å²) >= 11 is 0. The van der Waals surface area contributed by atoms with E-state index in [-0.39, 0.29) is 17.9 Å². The predicted octanol–water partition coefficient (Wildman–Crippen LogP) is 6.34. The number of hydrogen-bond donors (Lipinski definition) is 2. The molecule has 1 saturated heterocycles. The molecule has 5 aromatic rings. The monoisotopic (exact) mass is 604 g/mol. The van der Waals surface area contributed by atoms with E-state index >= 15 is 0 Å². The number of piperidine rings is 1. The number of aryl methyl sites for hydroxylation is 2. The number of nitrogens with zero attached hydrogens (tertiary/aromatic N) is 4. The lowest BCUT2D eigenvalue weighted by atomic mass is 10.0. The van der Waals surface area contributed by atoms with Gasteiger partial charge in [0.05, 0.1) is 18.3 Å². The van der Waals surface area contributed by atoms with Crippen LogP contribution in [0.25, 0.3) is 44.6 Å². The third-order valence-electron chi connectivity index (χ3n) is 9.33. The Kier molecular flexibility index (Phi) is 7.79. The first kappa shape index (κ1) is 29.1. The van der Waals surface area contributed by atoms with Gasteiger partial charge in [-0.3, -0.25) is 9.59 Å². The van der Waals surface area contributed by atoms with Gasteiger partial charge in [-0.1, -0.05) is 43.2 Å². The zero-order chi connectivity index (χ0) is 31.1. The second-order valence-corrected chi connectivity index (χ2v) is 12.4. The van der Waals surface area contributed by atoms with Gasteiger partial charge in [0.1, 0.15) is 11.3 Å². The van der Waals surface area contributed by atoms with Gasteiger partial charge in [-0.15, -0.1) is 0 Å². The van der Waals surface area contributed by atoms with E-state index in [2.05, 4.69) is 44.8 Å². The van der Waals surface area contributed by atoms with E-state index in [9.17, 15) is 9.59 Å². The molecule has 1 fully saturated rings. The maximum Gasteiger partial charge on any atom is 0.254 e. The maximum absolute atomic E-state index is 13.5. The molecule has 2 aliphatic rings. The standard InChI is InChI=1S/C36H40N6O3/c1-40-34-29(18-25(21-32(34)45-2)36(44)41-16-9-10-26(37)22-41)39-35(40)31-20-24-15-14-23-19-30(24)42(31)17-8-4-3-5-13-33(43)38-28-12-7-6-11-27(23)28/h6-7,11-12,14-15,18-21,26H,3-5,8-10,13,16-17,22,37H2,1-2H3,(H,38,43)/t26-/m1/s1. The number of carbonyl (C=O) groups excluding carboxylic acids is 2. The van der Waals surface area contributed by atoms with E-state index in [1.165, 1.54) is 0 Å². The van der Waals surface area contributed by atoms with Crippen molar-refractivity contribution >= 4 is 39.4 Å². The minimum Gasteiger partial charge on any atom is -0.494 e. The van der Waals surface area contributed by atoms with Crippen LogP contribution in [0.5, 0.6) is 5.75 Å². The molecule has 2 bridgehead atoms. The second kappa shape index (κ2) is 12.0. The molecule has 9 heteroatoms. The van der Waals surface area contributed by atoms with Crippen molar-refractivity contribution in [1.29, 1.82) is 0 Å². The fraction of sp³-hybridized carbons (Fsp3) is 0.361. The summed E-state index contributed by atoms with van der Waals surface area (Å²) < 4.78 is 10.3. The maximum atomic E-state index is 13.5. The Morgan fingerprint density at radius 1 is 1.00 bits per heavy atom. The molecule has 2 aromatic heterocycles. The Morgan fingerprint density at radius 2 is 1.84 bits per heavy atom. The van der Waals surface area contributed by atoms with Crippen LogP contribution in [-0.4, -0.2) is 57.1 Å². The van der Waals surface area contributed by atoms with Gasteiger partial charge in [0.15, 0.2) is 5.82 Å². The molecular weight excluding hydrogens is 564 g/mol. The first-order valence-electron chi connectivity index (χ1n) is 16.0. The number of nitrogens with one attached hydrogen (secondary N) is 1. The number of likely N-dealkylation sites (tertiary alicyclic amines) is 1. The molecule has 0 aliphatic carbocycles. The molecule has 45 heavy (non-hydrogen) atoms. The van der Waals surface area contributed by atoms with Crippen LogP contribution < -0.4 is 15.8 Å². The van der Waals surface area contributed by atoms with Crippen LogP contribution in [0.2, 0.25) is 0 Å². The Morgan fingerprint density at radius 3 is 2.69 bits per heavy atom. The lowest BCUT2D eigenvalue weighted by molar-refractivity contribution is -0.116. The fourth-order valence-corrected chi connectivity index (χ4v) is 7.01. The van der Waals surface area contributed by atoms with Gasteiger partial charge in [0.2, 0.25) is 5.91 Å². The minimum atomic E-state index is -0.0381. The van der Waals surface area contributed by atoms with Crippen molar-refractivity contribution in [3.63, 3.8) is 0 Å². The smallest absolute Gasteiger partial charge is 0.254 e. The highest BCUT2D eigenvalue weighted by molar-refractivity contribution is 6.01. The Hall–Kier alpha value is -4.63. The highest BCUT2D eigenvalue weighted by Gasteiger charge is 2.26. The van der Waals surface area contributed by atoms with Gasteiger partial charge in [-0.25, -0.2) is 4.98 Å². The van der Waals surface area contributed by atoms with Crippen molar-refractivity contribution in [2.24, 2.45) is 12.8 Å². The minimum absolute atomic E-state index is 0.00674. The van der Waals surface area contributed by atoms with Crippen LogP contribution in [0.15, 0.2) is 60.7 Å². The highest BCUT2D eigenvalue weighted by Crippen LogP contribution is 2.37. The van der Waals surface area contributed by atoms with E-state index in [1.807, 2.05) is 42.3 Å². The molecule has 2 amide bonds.